The van der Waals surface area contributed by atoms with Crippen molar-refractivity contribution in [2.45, 2.75) is 6.92 Å². The van der Waals surface area contributed by atoms with E-state index in [1.807, 2.05) is 49.4 Å². The summed E-state index contributed by atoms with van der Waals surface area (Å²) in [5.41, 5.74) is 1.59. The summed E-state index contributed by atoms with van der Waals surface area (Å²) in [5.74, 6) is 0.553. The molecule has 0 aliphatic heterocycles. The standard InChI is InChI=1S/C17H15Br2NO2/c1-2-22-16-8-7-14(19)10-12(16)6-9-17(21)20-15-5-3-4-13(18)11-15/h3-11H,2H2,1H3,(H,20,21). The Morgan fingerprint density at radius 3 is 2.68 bits per heavy atom. The van der Waals surface area contributed by atoms with Crippen LogP contribution in [0.4, 0.5) is 5.69 Å². The van der Waals surface area contributed by atoms with Crippen LogP contribution in [-0.4, -0.2) is 12.5 Å². The predicted octanol–water partition coefficient (Wildman–Crippen LogP) is 5.26. The molecule has 2 aromatic carbocycles. The Labute approximate surface area is 146 Å². The highest BCUT2D eigenvalue weighted by Crippen LogP contribution is 2.24. The molecule has 0 spiro atoms. The highest BCUT2D eigenvalue weighted by Gasteiger charge is 2.03. The van der Waals surface area contributed by atoms with Crippen LogP contribution >= 0.6 is 31.9 Å². The van der Waals surface area contributed by atoms with E-state index in [0.29, 0.717) is 6.61 Å². The van der Waals surface area contributed by atoms with Crippen LogP contribution in [-0.2, 0) is 4.79 Å². The molecule has 0 fully saturated rings. The average molecular weight is 425 g/mol. The van der Waals surface area contributed by atoms with Gasteiger partial charge in [0.05, 0.1) is 6.61 Å². The monoisotopic (exact) mass is 423 g/mol. The summed E-state index contributed by atoms with van der Waals surface area (Å²) < 4.78 is 7.40. The quantitative estimate of drug-likeness (QED) is 0.664. The van der Waals surface area contributed by atoms with Gasteiger partial charge in [-0.15, -0.1) is 0 Å². The van der Waals surface area contributed by atoms with Crippen LogP contribution in [0, 0.1) is 0 Å². The van der Waals surface area contributed by atoms with E-state index in [4.69, 9.17) is 4.74 Å². The molecule has 2 aromatic rings. The SMILES string of the molecule is CCOc1ccc(Br)cc1C=CC(=O)Nc1cccc(Br)c1. The Kier molecular flexibility index (Phi) is 6.21. The predicted molar refractivity (Wildman–Crippen MR) is 97.1 cm³/mol. The lowest BCUT2D eigenvalue weighted by atomic mass is 10.2. The molecule has 1 N–H and O–H groups in total. The molecule has 0 saturated heterocycles. The van der Waals surface area contributed by atoms with Gasteiger partial charge in [-0.1, -0.05) is 37.9 Å². The van der Waals surface area contributed by atoms with E-state index in [1.54, 1.807) is 6.08 Å². The molecule has 0 atom stereocenters. The second kappa shape index (κ2) is 8.15. The van der Waals surface area contributed by atoms with Crippen LogP contribution < -0.4 is 10.1 Å². The normalized spacial score (nSPS) is 10.7. The number of carbonyl (C=O) groups is 1. The van der Waals surface area contributed by atoms with Crippen molar-refractivity contribution in [3.05, 3.63) is 63.0 Å². The van der Waals surface area contributed by atoms with Crippen molar-refractivity contribution in [1.29, 1.82) is 0 Å². The molecule has 1 amide bonds. The second-order valence-electron chi connectivity index (χ2n) is 4.45. The molecule has 5 heteroatoms. The molecule has 3 nitrogen and oxygen atoms in total. The lowest BCUT2D eigenvalue weighted by molar-refractivity contribution is -0.111. The van der Waals surface area contributed by atoms with Gasteiger partial charge in [-0.05, 0) is 49.4 Å². The second-order valence-corrected chi connectivity index (χ2v) is 6.28. The number of anilines is 1. The van der Waals surface area contributed by atoms with Crippen LogP contribution in [0.3, 0.4) is 0 Å². The van der Waals surface area contributed by atoms with Crippen molar-refractivity contribution in [2.24, 2.45) is 0 Å². The van der Waals surface area contributed by atoms with Gasteiger partial charge in [-0.25, -0.2) is 0 Å². The zero-order chi connectivity index (χ0) is 15.9. The first kappa shape index (κ1) is 16.8. The van der Waals surface area contributed by atoms with E-state index in [2.05, 4.69) is 37.2 Å². The summed E-state index contributed by atoms with van der Waals surface area (Å²) in [6, 6.07) is 13.1. The highest BCUT2D eigenvalue weighted by atomic mass is 79.9. The minimum absolute atomic E-state index is 0.194. The Balaban J connectivity index is 2.11. The van der Waals surface area contributed by atoms with E-state index in [0.717, 1.165) is 25.9 Å². The van der Waals surface area contributed by atoms with E-state index < -0.39 is 0 Å². The Hall–Kier alpha value is -1.59. The number of nitrogens with one attached hydrogen (secondary N) is 1. The van der Waals surface area contributed by atoms with Crippen molar-refractivity contribution in [3.63, 3.8) is 0 Å². The summed E-state index contributed by atoms with van der Waals surface area (Å²) in [4.78, 5) is 12.0. The van der Waals surface area contributed by atoms with Crippen molar-refractivity contribution in [2.75, 3.05) is 11.9 Å². The Bertz CT molecular complexity index is 699. The summed E-state index contributed by atoms with van der Waals surface area (Å²) in [6.07, 6.45) is 3.23. The Morgan fingerprint density at radius 2 is 1.95 bits per heavy atom. The fraction of sp³-hybridized carbons (Fsp3) is 0.118. The molecular weight excluding hydrogens is 410 g/mol. The van der Waals surface area contributed by atoms with Crippen molar-refractivity contribution in [3.8, 4) is 5.75 Å². The van der Waals surface area contributed by atoms with Crippen LogP contribution in [0.25, 0.3) is 6.08 Å². The number of hydrogen-bond donors (Lipinski definition) is 1. The van der Waals surface area contributed by atoms with Gasteiger partial charge < -0.3 is 10.1 Å². The fourth-order valence-corrected chi connectivity index (χ4v) is 2.63. The first-order valence-electron chi connectivity index (χ1n) is 6.75. The van der Waals surface area contributed by atoms with E-state index in [9.17, 15) is 4.79 Å². The van der Waals surface area contributed by atoms with Gasteiger partial charge in [-0.2, -0.15) is 0 Å². The lowest BCUT2D eigenvalue weighted by Gasteiger charge is -2.07. The lowest BCUT2D eigenvalue weighted by Crippen LogP contribution is -2.07. The number of carbonyl (C=O) groups excluding carboxylic acids is 1. The summed E-state index contributed by atoms with van der Waals surface area (Å²) in [5, 5.41) is 2.81. The first-order chi connectivity index (χ1) is 10.6. The maximum absolute atomic E-state index is 12.0. The van der Waals surface area contributed by atoms with Gasteiger partial charge in [-0.3, -0.25) is 4.79 Å². The maximum Gasteiger partial charge on any atom is 0.248 e. The molecule has 0 saturated carbocycles. The number of amides is 1. The molecule has 0 unspecified atom stereocenters. The van der Waals surface area contributed by atoms with Gasteiger partial charge in [0, 0.05) is 26.3 Å². The highest BCUT2D eigenvalue weighted by molar-refractivity contribution is 9.10. The molecular formula is C17H15Br2NO2. The zero-order valence-electron chi connectivity index (χ0n) is 12.0. The topological polar surface area (TPSA) is 38.3 Å². The fourth-order valence-electron chi connectivity index (χ4n) is 1.85. The number of rotatable bonds is 5. The molecule has 0 radical (unpaired) electrons. The van der Waals surface area contributed by atoms with Gasteiger partial charge in [0.15, 0.2) is 0 Å². The van der Waals surface area contributed by atoms with Crippen LogP contribution in [0.1, 0.15) is 12.5 Å². The van der Waals surface area contributed by atoms with E-state index in [-0.39, 0.29) is 5.91 Å². The van der Waals surface area contributed by atoms with Crippen molar-refractivity contribution >= 4 is 49.5 Å². The van der Waals surface area contributed by atoms with Gasteiger partial charge in [0.1, 0.15) is 5.75 Å². The zero-order valence-corrected chi connectivity index (χ0v) is 15.1. The smallest absolute Gasteiger partial charge is 0.248 e. The Morgan fingerprint density at radius 1 is 1.18 bits per heavy atom. The largest absolute Gasteiger partial charge is 0.493 e. The first-order valence-corrected chi connectivity index (χ1v) is 8.34. The van der Waals surface area contributed by atoms with E-state index >= 15 is 0 Å². The summed E-state index contributed by atoms with van der Waals surface area (Å²) in [6.45, 7) is 2.50. The van der Waals surface area contributed by atoms with Crippen molar-refractivity contribution in [1.82, 2.24) is 0 Å². The van der Waals surface area contributed by atoms with E-state index in [1.165, 1.54) is 6.08 Å². The van der Waals surface area contributed by atoms with Crippen LogP contribution in [0.15, 0.2) is 57.5 Å². The average Bonchev–Trinajstić information content (AvgIpc) is 2.48. The third-order valence-corrected chi connectivity index (χ3v) is 3.76. The molecule has 114 valence electrons. The third kappa shape index (κ3) is 5.00. The molecule has 0 aliphatic rings. The van der Waals surface area contributed by atoms with Gasteiger partial charge in [0.2, 0.25) is 5.91 Å². The summed E-state index contributed by atoms with van der Waals surface area (Å²) >= 11 is 6.79. The minimum atomic E-state index is -0.194. The van der Waals surface area contributed by atoms with Crippen molar-refractivity contribution < 1.29 is 9.53 Å². The van der Waals surface area contributed by atoms with Gasteiger partial charge in [0.25, 0.3) is 0 Å². The van der Waals surface area contributed by atoms with Crippen LogP contribution in [0.5, 0.6) is 5.75 Å². The minimum Gasteiger partial charge on any atom is -0.493 e. The van der Waals surface area contributed by atoms with Crippen LogP contribution in [0.2, 0.25) is 0 Å². The number of ether oxygens (including phenoxy) is 1. The number of hydrogen-bond acceptors (Lipinski definition) is 2. The maximum atomic E-state index is 12.0. The molecule has 2 rings (SSSR count). The molecule has 22 heavy (non-hydrogen) atoms. The summed E-state index contributed by atoms with van der Waals surface area (Å²) in [7, 11) is 0. The molecule has 0 bridgehead atoms. The number of halogens is 2. The van der Waals surface area contributed by atoms with Gasteiger partial charge >= 0.3 is 0 Å². The molecule has 0 heterocycles. The third-order valence-electron chi connectivity index (χ3n) is 2.78. The number of benzene rings is 2. The molecule has 0 aliphatic carbocycles. The molecule has 0 aromatic heterocycles.